The summed E-state index contributed by atoms with van der Waals surface area (Å²) in [6.45, 7) is 2.91. The van der Waals surface area contributed by atoms with Gasteiger partial charge in [0.25, 0.3) is 5.91 Å². The fourth-order valence-corrected chi connectivity index (χ4v) is 2.80. The minimum atomic E-state index is -4.43. The number of carbonyl (C=O) groups is 1. The van der Waals surface area contributed by atoms with Crippen molar-refractivity contribution in [1.82, 2.24) is 10.2 Å². The Bertz CT molecular complexity index is 769. The minimum absolute atomic E-state index is 0.0726. The highest BCUT2D eigenvalue weighted by Crippen LogP contribution is 2.32. The molecule has 26 heavy (non-hydrogen) atoms. The summed E-state index contributed by atoms with van der Waals surface area (Å²) in [5, 5.41) is 3.23. The predicted molar refractivity (Wildman–Crippen MR) is 91.4 cm³/mol. The average molecular weight is 364 g/mol. The van der Waals surface area contributed by atoms with E-state index in [-0.39, 0.29) is 11.7 Å². The summed E-state index contributed by atoms with van der Waals surface area (Å²) >= 11 is 0. The van der Waals surface area contributed by atoms with E-state index in [0.29, 0.717) is 24.4 Å². The largest absolute Gasteiger partial charge is 0.457 e. The monoisotopic (exact) mass is 364 g/mol. The molecule has 0 bridgehead atoms. The van der Waals surface area contributed by atoms with Crippen LogP contribution in [-0.4, -0.2) is 37.0 Å². The van der Waals surface area contributed by atoms with Crippen LogP contribution in [0.15, 0.2) is 48.5 Å². The number of amides is 1. The van der Waals surface area contributed by atoms with Gasteiger partial charge in [0, 0.05) is 25.2 Å². The zero-order valence-electron chi connectivity index (χ0n) is 14.1. The second kappa shape index (κ2) is 7.78. The summed E-state index contributed by atoms with van der Waals surface area (Å²) in [6, 6.07) is 11.2. The van der Waals surface area contributed by atoms with Crippen molar-refractivity contribution in [2.24, 2.45) is 0 Å². The Labute approximate surface area is 149 Å². The maximum Gasteiger partial charge on any atom is 0.416 e. The van der Waals surface area contributed by atoms with Crippen molar-refractivity contribution in [3.8, 4) is 11.5 Å². The molecule has 1 fully saturated rings. The van der Waals surface area contributed by atoms with Crippen molar-refractivity contribution in [2.75, 3.05) is 26.2 Å². The van der Waals surface area contributed by atoms with E-state index in [4.69, 9.17) is 4.74 Å². The van der Waals surface area contributed by atoms with Crippen LogP contribution in [-0.2, 0) is 6.18 Å². The lowest BCUT2D eigenvalue weighted by Crippen LogP contribution is -2.34. The van der Waals surface area contributed by atoms with Gasteiger partial charge in [-0.1, -0.05) is 12.1 Å². The number of benzene rings is 2. The Morgan fingerprint density at radius 3 is 2.50 bits per heavy atom. The maximum absolute atomic E-state index is 12.8. The summed E-state index contributed by atoms with van der Waals surface area (Å²) in [4.78, 5) is 14.4. The van der Waals surface area contributed by atoms with Crippen molar-refractivity contribution in [3.05, 3.63) is 59.7 Å². The SMILES string of the molecule is O=C(c1cccc(Oc2cccc(C(F)(F)F)c2)c1)N1CCCNCC1. The fourth-order valence-electron chi connectivity index (χ4n) is 2.80. The topological polar surface area (TPSA) is 41.6 Å². The van der Waals surface area contributed by atoms with Gasteiger partial charge in [0.1, 0.15) is 11.5 Å². The number of nitrogens with zero attached hydrogens (tertiary/aromatic N) is 1. The van der Waals surface area contributed by atoms with Crippen LogP contribution in [0.3, 0.4) is 0 Å². The Kier molecular flexibility index (Phi) is 5.46. The van der Waals surface area contributed by atoms with Gasteiger partial charge in [-0.2, -0.15) is 13.2 Å². The number of carbonyl (C=O) groups excluding carboxylic acids is 1. The molecule has 0 radical (unpaired) electrons. The number of halogens is 3. The van der Waals surface area contributed by atoms with E-state index in [1.54, 1.807) is 29.2 Å². The minimum Gasteiger partial charge on any atom is -0.457 e. The van der Waals surface area contributed by atoms with E-state index in [2.05, 4.69) is 5.32 Å². The molecule has 1 saturated heterocycles. The first-order chi connectivity index (χ1) is 12.4. The molecule has 1 N–H and O–H groups in total. The van der Waals surface area contributed by atoms with Crippen molar-refractivity contribution in [1.29, 1.82) is 0 Å². The van der Waals surface area contributed by atoms with Gasteiger partial charge in [0.05, 0.1) is 5.56 Å². The first-order valence-corrected chi connectivity index (χ1v) is 8.39. The predicted octanol–water partition coefficient (Wildman–Crippen LogP) is 3.93. The highest BCUT2D eigenvalue weighted by molar-refractivity contribution is 5.94. The molecule has 1 aliphatic rings. The Morgan fingerprint density at radius 1 is 1.00 bits per heavy atom. The van der Waals surface area contributed by atoms with Gasteiger partial charge in [0.2, 0.25) is 0 Å². The summed E-state index contributed by atoms with van der Waals surface area (Å²) in [7, 11) is 0. The van der Waals surface area contributed by atoms with Gasteiger partial charge >= 0.3 is 6.18 Å². The van der Waals surface area contributed by atoms with Crippen LogP contribution in [0.2, 0.25) is 0 Å². The summed E-state index contributed by atoms with van der Waals surface area (Å²) < 4.78 is 43.9. The van der Waals surface area contributed by atoms with Gasteiger partial charge in [-0.3, -0.25) is 4.79 Å². The second-order valence-corrected chi connectivity index (χ2v) is 6.05. The molecule has 3 rings (SSSR count). The van der Waals surface area contributed by atoms with Crippen LogP contribution in [0.25, 0.3) is 0 Å². The third kappa shape index (κ3) is 4.54. The standard InChI is InChI=1S/C19H19F3N2O2/c20-19(21,22)15-5-2-7-17(13-15)26-16-6-1-4-14(12-16)18(25)24-10-3-8-23-9-11-24/h1-2,4-7,12-13,23H,3,8-11H2. The second-order valence-electron chi connectivity index (χ2n) is 6.05. The van der Waals surface area contributed by atoms with Crippen molar-refractivity contribution in [3.63, 3.8) is 0 Å². The Balaban J connectivity index is 1.76. The van der Waals surface area contributed by atoms with Crippen LogP contribution in [0.4, 0.5) is 13.2 Å². The molecule has 1 amide bonds. The normalized spacial score (nSPS) is 15.4. The molecule has 138 valence electrons. The van der Waals surface area contributed by atoms with Gasteiger partial charge < -0.3 is 15.0 Å². The molecule has 4 nitrogen and oxygen atoms in total. The molecule has 0 spiro atoms. The molecular weight excluding hydrogens is 345 g/mol. The molecule has 1 heterocycles. The highest BCUT2D eigenvalue weighted by Gasteiger charge is 2.30. The number of hydrogen-bond acceptors (Lipinski definition) is 3. The fraction of sp³-hybridized carbons (Fsp3) is 0.316. The van der Waals surface area contributed by atoms with Gasteiger partial charge in [-0.25, -0.2) is 0 Å². The molecule has 0 saturated carbocycles. The maximum atomic E-state index is 12.8. The van der Waals surface area contributed by atoms with Crippen LogP contribution < -0.4 is 10.1 Å². The zero-order valence-corrected chi connectivity index (χ0v) is 14.1. The molecule has 0 aromatic heterocycles. The molecule has 7 heteroatoms. The zero-order chi connectivity index (χ0) is 18.6. The van der Waals surface area contributed by atoms with Gasteiger partial charge in [0.15, 0.2) is 0 Å². The lowest BCUT2D eigenvalue weighted by Gasteiger charge is -2.20. The quantitative estimate of drug-likeness (QED) is 0.897. The van der Waals surface area contributed by atoms with Crippen LogP contribution in [0.1, 0.15) is 22.3 Å². The average Bonchev–Trinajstić information content (AvgIpc) is 2.90. The van der Waals surface area contributed by atoms with E-state index < -0.39 is 11.7 Å². The molecule has 2 aromatic carbocycles. The number of alkyl halides is 3. The molecule has 2 aromatic rings. The van der Waals surface area contributed by atoms with Gasteiger partial charge in [-0.05, 0) is 49.4 Å². The number of rotatable bonds is 3. The number of ether oxygens (including phenoxy) is 1. The third-order valence-electron chi connectivity index (χ3n) is 4.11. The smallest absolute Gasteiger partial charge is 0.416 e. The molecule has 0 atom stereocenters. The summed E-state index contributed by atoms with van der Waals surface area (Å²) in [5.74, 6) is 0.287. The third-order valence-corrected chi connectivity index (χ3v) is 4.11. The molecule has 1 aliphatic heterocycles. The van der Waals surface area contributed by atoms with E-state index in [1.807, 2.05) is 0 Å². The highest BCUT2D eigenvalue weighted by atomic mass is 19.4. The lowest BCUT2D eigenvalue weighted by molar-refractivity contribution is -0.137. The van der Waals surface area contributed by atoms with Crippen LogP contribution >= 0.6 is 0 Å². The molecule has 0 aliphatic carbocycles. The van der Waals surface area contributed by atoms with E-state index in [1.165, 1.54) is 12.1 Å². The summed E-state index contributed by atoms with van der Waals surface area (Å²) in [6.07, 6.45) is -3.55. The van der Waals surface area contributed by atoms with Crippen molar-refractivity contribution >= 4 is 5.91 Å². The van der Waals surface area contributed by atoms with Crippen LogP contribution in [0, 0.1) is 0 Å². The Hall–Kier alpha value is -2.54. The molecular formula is C19H19F3N2O2. The van der Waals surface area contributed by atoms with Crippen molar-refractivity contribution in [2.45, 2.75) is 12.6 Å². The van der Waals surface area contributed by atoms with Crippen LogP contribution in [0.5, 0.6) is 11.5 Å². The lowest BCUT2D eigenvalue weighted by atomic mass is 10.1. The summed E-state index contributed by atoms with van der Waals surface area (Å²) in [5.41, 5.74) is -0.323. The first-order valence-electron chi connectivity index (χ1n) is 8.39. The van der Waals surface area contributed by atoms with Gasteiger partial charge in [-0.15, -0.1) is 0 Å². The Morgan fingerprint density at radius 2 is 1.73 bits per heavy atom. The van der Waals surface area contributed by atoms with Crippen molar-refractivity contribution < 1.29 is 22.7 Å². The molecule has 0 unspecified atom stereocenters. The van der Waals surface area contributed by atoms with E-state index >= 15 is 0 Å². The number of hydrogen-bond donors (Lipinski definition) is 1. The van der Waals surface area contributed by atoms with E-state index in [0.717, 1.165) is 31.6 Å². The van der Waals surface area contributed by atoms with E-state index in [9.17, 15) is 18.0 Å². The number of nitrogens with one attached hydrogen (secondary N) is 1. The first kappa shape index (κ1) is 18.3.